The van der Waals surface area contributed by atoms with Crippen LogP contribution < -0.4 is 5.73 Å². The molecule has 0 saturated carbocycles. The van der Waals surface area contributed by atoms with Gasteiger partial charge in [-0.15, -0.1) is 0 Å². The highest BCUT2D eigenvalue weighted by atomic mass is 19.1. The summed E-state index contributed by atoms with van der Waals surface area (Å²) in [5, 5.41) is 5.31. The first-order valence-electron chi connectivity index (χ1n) is 6.59. The minimum absolute atomic E-state index is 0.0183. The molecule has 110 valence electrons. The van der Waals surface area contributed by atoms with Crippen LogP contribution in [0.4, 0.5) is 14.5 Å². The Labute approximate surface area is 123 Å². The summed E-state index contributed by atoms with van der Waals surface area (Å²) in [5.41, 5.74) is 8.04. The average Bonchev–Trinajstić information content (AvgIpc) is 3.07. The standard InChI is InChI=1S/C15H11F2N5/c1-22-14-11(6-21-22)8(3-12(18)13(14)17)10-5-20-15-9(10)2-7(16)4-19-15/h2-6H,18H2,1H3,(H,19,20). The summed E-state index contributed by atoms with van der Waals surface area (Å²) in [5.74, 6) is -0.950. The van der Waals surface area contributed by atoms with Gasteiger partial charge in [-0.05, 0) is 17.7 Å². The van der Waals surface area contributed by atoms with Crippen molar-refractivity contribution in [3.63, 3.8) is 0 Å². The Morgan fingerprint density at radius 2 is 1.95 bits per heavy atom. The minimum Gasteiger partial charge on any atom is -0.396 e. The lowest BCUT2D eigenvalue weighted by Crippen LogP contribution is -1.97. The molecule has 4 aromatic rings. The van der Waals surface area contributed by atoms with Crippen molar-refractivity contribution in [2.24, 2.45) is 7.05 Å². The van der Waals surface area contributed by atoms with Crippen LogP contribution in [0.25, 0.3) is 33.1 Å². The van der Waals surface area contributed by atoms with Crippen LogP contribution in [0.1, 0.15) is 0 Å². The number of nitrogens with two attached hydrogens (primary N) is 1. The first-order valence-corrected chi connectivity index (χ1v) is 6.59. The van der Waals surface area contributed by atoms with Gasteiger partial charge < -0.3 is 10.7 Å². The Morgan fingerprint density at radius 1 is 1.14 bits per heavy atom. The largest absolute Gasteiger partial charge is 0.396 e. The molecule has 1 aromatic carbocycles. The lowest BCUT2D eigenvalue weighted by atomic mass is 10.0. The number of aryl methyl sites for hydroxylation is 1. The van der Waals surface area contributed by atoms with Crippen LogP contribution in [0.3, 0.4) is 0 Å². The van der Waals surface area contributed by atoms with Gasteiger partial charge in [-0.1, -0.05) is 0 Å². The highest BCUT2D eigenvalue weighted by Gasteiger charge is 2.18. The normalized spacial score (nSPS) is 11.6. The number of hydrogen-bond acceptors (Lipinski definition) is 3. The molecule has 0 aliphatic heterocycles. The summed E-state index contributed by atoms with van der Waals surface area (Å²) in [6, 6.07) is 2.92. The van der Waals surface area contributed by atoms with Crippen LogP contribution >= 0.6 is 0 Å². The average molecular weight is 299 g/mol. The summed E-state index contributed by atoms with van der Waals surface area (Å²) in [6.45, 7) is 0. The highest BCUT2D eigenvalue weighted by Crippen LogP contribution is 2.36. The molecule has 0 amide bonds. The molecular formula is C15H11F2N5. The third-order valence-electron chi connectivity index (χ3n) is 3.78. The zero-order valence-corrected chi connectivity index (χ0v) is 11.6. The Bertz CT molecular complexity index is 1030. The lowest BCUT2D eigenvalue weighted by Gasteiger charge is -2.07. The van der Waals surface area contributed by atoms with Gasteiger partial charge >= 0.3 is 0 Å². The number of rotatable bonds is 1. The predicted octanol–water partition coefficient (Wildman–Crippen LogP) is 2.98. The summed E-state index contributed by atoms with van der Waals surface area (Å²) < 4.78 is 29.1. The molecule has 3 N–H and O–H groups in total. The van der Waals surface area contributed by atoms with Gasteiger partial charge in [0.15, 0.2) is 5.82 Å². The number of aromatic amines is 1. The summed E-state index contributed by atoms with van der Waals surface area (Å²) in [4.78, 5) is 6.98. The smallest absolute Gasteiger partial charge is 0.171 e. The summed E-state index contributed by atoms with van der Waals surface area (Å²) in [7, 11) is 1.64. The fourth-order valence-corrected chi connectivity index (χ4v) is 2.75. The number of nitrogen functional groups attached to an aromatic ring is 1. The molecule has 4 rings (SSSR count). The summed E-state index contributed by atoms with van der Waals surface area (Å²) >= 11 is 0. The quantitative estimate of drug-likeness (QED) is 0.531. The van der Waals surface area contributed by atoms with Crippen LogP contribution in [0, 0.1) is 11.6 Å². The van der Waals surface area contributed by atoms with Crippen molar-refractivity contribution < 1.29 is 8.78 Å². The number of pyridine rings is 1. The molecule has 22 heavy (non-hydrogen) atoms. The fraction of sp³-hybridized carbons (Fsp3) is 0.0667. The van der Waals surface area contributed by atoms with Crippen LogP contribution in [-0.2, 0) is 7.05 Å². The highest BCUT2D eigenvalue weighted by molar-refractivity contribution is 6.04. The maximum atomic E-state index is 14.2. The van der Waals surface area contributed by atoms with Gasteiger partial charge in [-0.2, -0.15) is 5.10 Å². The topological polar surface area (TPSA) is 72.5 Å². The molecule has 0 fully saturated rings. The first-order chi connectivity index (χ1) is 10.6. The zero-order valence-electron chi connectivity index (χ0n) is 11.6. The van der Waals surface area contributed by atoms with Crippen LogP contribution in [0.5, 0.6) is 0 Å². The number of hydrogen-bond donors (Lipinski definition) is 2. The van der Waals surface area contributed by atoms with Crippen LogP contribution in [0.15, 0.2) is 30.7 Å². The molecule has 0 radical (unpaired) electrons. The van der Waals surface area contributed by atoms with E-state index in [2.05, 4.69) is 15.1 Å². The van der Waals surface area contributed by atoms with Crippen molar-refractivity contribution in [2.75, 3.05) is 5.73 Å². The van der Waals surface area contributed by atoms with E-state index in [1.807, 2.05) is 0 Å². The van der Waals surface area contributed by atoms with Crippen molar-refractivity contribution in [1.29, 1.82) is 0 Å². The van der Waals surface area contributed by atoms with Gasteiger partial charge in [0.25, 0.3) is 0 Å². The third-order valence-corrected chi connectivity index (χ3v) is 3.78. The Morgan fingerprint density at radius 3 is 2.77 bits per heavy atom. The zero-order chi connectivity index (χ0) is 15.4. The van der Waals surface area contributed by atoms with E-state index in [1.54, 1.807) is 19.4 Å². The first kappa shape index (κ1) is 12.8. The van der Waals surface area contributed by atoms with E-state index in [-0.39, 0.29) is 5.69 Å². The molecular weight excluding hydrogens is 288 g/mol. The number of aromatic nitrogens is 4. The van der Waals surface area contributed by atoms with Crippen LogP contribution in [0.2, 0.25) is 0 Å². The number of nitrogens with one attached hydrogen (secondary N) is 1. The summed E-state index contributed by atoms with van der Waals surface area (Å²) in [6.07, 6.45) is 4.41. The molecule has 0 aliphatic carbocycles. The number of benzene rings is 1. The van der Waals surface area contributed by atoms with E-state index >= 15 is 0 Å². The van der Waals surface area contributed by atoms with Gasteiger partial charge in [-0.25, -0.2) is 13.8 Å². The predicted molar refractivity (Wildman–Crippen MR) is 80.1 cm³/mol. The molecule has 0 bridgehead atoms. The van der Waals surface area contributed by atoms with E-state index in [9.17, 15) is 8.78 Å². The Kier molecular flexibility index (Phi) is 2.47. The maximum Gasteiger partial charge on any atom is 0.171 e. The van der Waals surface area contributed by atoms with E-state index in [4.69, 9.17) is 5.73 Å². The van der Waals surface area contributed by atoms with Gasteiger partial charge in [0.2, 0.25) is 0 Å². The van der Waals surface area contributed by atoms with Crippen molar-refractivity contribution >= 4 is 27.6 Å². The van der Waals surface area contributed by atoms with Gasteiger partial charge in [-0.3, -0.25) is 4.68 Å². The van der Waals surface area contributed by atoms with Crippen LogP contribution in [-0.4, -0.2) is 19.7 Å². The van der Waals surface area contributed by atoms with Crippen molar-refractivity contribution in [1.82, 2.24) is 19.7 Å². The van der Waals surface area contributed by atoms with Gasteiger partial charge in [0.1, 0.15) is 17.0 Å². The van der Waals surface area contributed by atoms with Gasteiger partial charge in [0.05, 0.1) is 18.1 Å². The molecule has 3 heterocycles. The van der Waals surface area contributed by atoms with E-state index in [0.29, 0.717) is 33.1 Å². The SMILES string of the molecule is Cn1ncc2c(-c3c[nH]c4ncc(F)cc34)cc(N)c(F)c21. The van der Waals surface area contributed by atoms with E-state index in [1.165, 1.54) is 16.8 Å². The molecule has 7 heteroatoms. The number of fused-ring (bicyclic) bond motifs is 2. The number of halogens is 2. The van der Waals surface area contributed by atoms with Crippen molar-refractivity contribution in [2.45, 2.75) is 0 Å². The number of anilines is 1. The number of nitrogens with zero attached hydrogens (tertiary/aromatic N) is 3. The minimum atomic E-state index is -0.511. The second kappa shape index (κ2) is 4.27. The molecule has 0 atom stereocenters. The second-order valence-corrected chi connectivity index (χ2v) is 5.11. The van der Waals surface area contributed by atoms with E-state index < -0.39 is 11.6 Å². The second-order valence-electron chi connectivity index (χ2n) is 5.11. The molecule has 0 spiro atoms. The maximum absolute atomic E-state index is 14.2. The monoisotopic (exact) mass is 299 g/mol. The lowest BCUT2D eigenvalue weighted by molar-refractivity contribution is 0.624. The Balaban J connectivity index is 2.13. The Hall–Kier alpha value is -2.96. The number of H-pyrrole nitrogens is 1. The van der Waals surface area contributed by atoms with E-state index in [0.717, 1.165) is 6.20 Å². The third kappa shape index (κ3) is 1.62. The van der Waals surface area contributed by atoms with Crippen molar-refractivity contribution in [3.8, 4) is 11.1 Å². The molecule has 0 saturated heterocycles. The molecule has 5 nitrogen and oxygen atoms in total. The molecule has 3 aromatic heterocycles. The van der Waals surface area contributed by atoms with Crippen molar-refractivity contribution in [3.05, 3.63) is 42.4 Å². The van der Waals surface area contributed by atoms with Gasteiger partial charge in [0, 0.05) is 29.6 Å². The molecule has 0 unspecified atom stereocenters. The molecule has 0 aliphatic rings. The fourth-order valence-electron chi connectivity index (χ4n) is 2.75.